The van der Waals surface area contributed by atoms with E-state index in [1.54, 1.807) is 24.5 Å². The van der Waals surface area contributed by atoms with Gasteiger partial charge in [-0.3, -0.25) is 19.9 Å². The fourth-order valence-electron chi connectivity index (χ4n) is 3.24. The smallest absolute Gasteiger partial charge is 0.255 e. The van der Waals surface area contributed by atoms with E-state index in [0.29, 0.717) is 12.1 Å². The van der Waals surface area contributed by atoms with Gasteiger partial charge >= 0.3 is 97.8 Å². The predicted octanol–water partition coefficient (Wildman–Crippen LogP) is 15.2. The number of nitrogens with zero attached hydrogens (tertiary/aromatic N) is 7. The van der Waals surface area contributed by atoms with Crippen molar-refractivity contribution in [2.75, 3.05) is 0 Å². The van der Waals surface area contributed by atoms with Gasteiger partial charge in [0.1, 0.15) is 0 Å². The molecule has 0 radical (unpaired) electrons. The Bertz CT molecular complexity index is 1970. The van der Waals surface area contributed by atoms with Crippen LogP contribution in [-0.4, -0.2) is 24.9 Å². The van der Waals surface area contributed by atoms with Gasteiger partial charge in [0.25, 0.3) is 0 Å². The second kappa shape index (κ2) is 19.8. The molecule has 0 aliphatic heterocycles. The van der Waals surface area contributed by atoms with E-state index < -0.39 is 39.1 Å². The van der Waals surface area contributed by atoms with E-state index in [1.165, 1.54) is 13.8 Å². The molecule has 5 aromatic rings. The van der Waals surface area contributed by atoms with Crippen molar-refractivity contribution in [1.29, 1.82) is 10.5 Å². The van der Waals surface area contributed by atoms with Gasteiger partial charge in [-0.1, -0.05) is 18.2 Å². The van der Waals surface area contributed by atoms with Gasteiger partial charge in [-0.15, -0.1) is 0 Å². The van der Waals surface area contributed by atoms with Gasteiger partial charge in [-0.05, 0) is 60.7 Å². The van der Waals surface area contributed by atoms with Crippen LogP contribution >= 0.6 is 15.6 Å². The molecule has 0 saturated heterocycles. The molecule has 0 bridgehead atoms. The normalized spacial score (nSPS) is 13.1. The summed E-state index contributed by atoms with van der Waals surface area (Å²) < 4.78 is 194. The second-order valence-corrected chi connectivity index (χ2v) is 13.9. The zero-order valence-corrected chi connectivity index (χ0v) is 32.5. The summed E-state index contributed by atoms with van der Waals surface area (Å²) in [7, 11) is -21.3. The van der Waals surface area contributed by atoms with Crippen LogP contribution < -0.4 is 0 Å². The van der Waals surface area contributed by atoms with Crippen molar-refractivity contribution >= 4 is 15.6 Å². The minimum absolute atomic E-state index is 0. The molecule has 0 aromatic carbocycles. The molecule has 0 amide bonds. The maximum absolute atomic E-state index is 12.5. The average Bonchev–Trinajstić information content (AvgIpc) is 3.07. The van der Waals surface area contributed by atoms with Crippen molar-refractivity contribution in [2.45, 2.75) is 26.2 Å². The third kappa shape index (κ3) is 32.6. The monoisotopic (exact) mass is 999 g/mol. The van der Waals surface area contributed by atoms with Gasteiger partial charge < -0.3 is 0 Å². The van der Waals surface area contributed by atoms with Crippen LogP contribution in [0.4, 0.5) is 76.7 Å². The maximum atomic E-state index is 12.5. The molecule has 0 aliphatic carbocycles. The number of rotatable bonds is 3. The zero-order valence-electron chi connectivity index (χ0n) is 29.0. The molecule has 0 saturated carbocycles. The number of halogens is 18. The van der Waals surface area contributed by atoms with E-state index in [1.807, 2.05) is 54.6 Å². The van der Waals surface area contributed by atoms with Crippen LogP contribution in [0.1, 0.15) is 25.0 Å². The molecule has 5 aromatic heterocycles. The summed E-state index contributed by atoms with van der Waals surface area (Å²) in [6, 6.07) is 23.8. The van der Waals surface area contributed by atoms with E-state index in [-0.39, 0.29) is 30.9 Å². The molecule has 5 rings (SSSR count). The number of pyridine rings is 5. The minimum Gasteiger partial charge on any atom is -0.255 e. The van der Waals surface area contributed by atoms with Crippen LogP contribution in [0.15, 0.2) is 104 Å². The molecule has 0 fully saturated rings. The van der Waals surface area contributed by atoms with Crippen LogP contribution in [0, 0.1) is 22.7 Å². The SMILES string of the molecule is CC#N.CC#N.FC(F)(F)c1ccnc(-c2cc(C(F)(F)F)ccn2)c1.F[P-](F)(F)(F)(F)F.F[P-](F)(F)(F)(F)F.[Ru+2].c1ccc(-c2cccc(-c3ccccn3)n2)nc1. The number of alkyl halides is 6. The molecule has 7 nitrogen and oxygen atoms in total. The number of hydrogen-bond acceptors (Lipinski definition) is 7. The second-order valence-electron chi connectivity index (χ2n) is 10.1. The van der Waals surface area contributed by atoms with Crippen LogP contribution in [0.3, 0.4) is 0 Å². The first-order valence-electron chi connectivity index (χ1n) is 14.5. The molecular weight excluding hydrogens is 975 g/mol. The van der Waals surface area contributed by atoms with E-state index in [9.17, 15) is 76.7 Å². The van der Waals surface area contributed by atoms with Crippen molar-refractivity contribution in [3.63, 3.8) is 0 Å². The summed E-state index contributed by atoms with van der Waals surface area (Å²) >= 11 is 0. The summed E-state index contributed by atoms with van der Waals surface area (Å²) in [6.07, 6.45) is -3.91. The van der Waals surface area contributed by atoms with Crippen molar-refractivity contribution < 1.29 is 96.2 Å². The Balaban J connectivity index is 0. The molecular formula is C31H23F18N7P2Ru. The summed E-state index contributed by atoms with van der Waals surface area (Å²) in [5.74, 6) is 0. The summed E-state index contributed by atoms with van der Waals surface area (Å²) in [5, 5.41) is 14.6. The summed E-state index contributed by atoms with van der Waals surface area (Å²) in [4.78, 5) is 20.4. The number of aromatic nitrogens is 5. The molecule has 0 aliphatic rings. The first-order chi connectivity index (χ1) is 25.8. The number of hydrogen-bond donors (Lipinski definition) is 0. The molecule has 0 spiro atoms. The topological polar surface area (TPSA) is 112 Å². The van der Waals surface area contributed by atoms with Crippen LogP contribution in [0.5, 0.6) is 0 Å². The quantitative estimate of drug-likeness (QED) is 0.101. The first kappa shape index (κ1) is 56.1. The van der Waals surface area contributed by atoms with Crippen molar-refractivity contribution in [3.05, 3.63) is 115 Å². The molecule has 28 heteroatoms. The molecule has 326 valence electrons. The molecule has 0 N–H and O–H groups in total. The van der Waals surface area contributed by atoms with Crippen molar-refractivity contribution in [3.8, 4) is 46.3 Å². The molecule has 59 heavy (non-hydrogen) atoms. The minimum atomic E-state index is -10.7. The Morgan fingerprint density at radius 2 is 0.678 bits per heavy atom. The Labute approximate surface area is 334 Å². The predicted molar refractivity (Wildman–Crippen MR) is 178 cm³/mol. The Morgan fingerprint density at radius 1 is 0.424 bits per heavy atom. The Kier molecular flexibility index (Phi) is 18.8. The van der Waals surface area contributed by atoms with E-state index in [2.05, 4.69) is 24.9 Å². The zero-order chi connectivity index (χ0) is 45.4. The van der Waals surface area contributed by atoms with E-state index in [0.717, 1.165) is 47.3 Å². The first-order valence-corrected chi connectivity index (χ1v) is 18.5. The van der Waals surface area contributed by atoms with Gasteiger partial charge in [-0.25, -0.2) is 4.98 Å². The van der Waals surface area contributed by atoms with Crippen molar-refractivity contribution in [1.82, 2.24) is 24.9 Å². The summed E-state index contributed by atoms with van der Waals surface area (Å²) in [6.45, 7) is 2.86. The van der Waals surface area contributed by atoms with Crippen LogP contribution in [-0.2, 0) is 31.8 Å². The molecule has 0 atom stereocenters. The van der Waals surface area contributed by atoms with Gasteiger partial charge in [0, 0.05) is 38.6 Å². The van der Waals surface area contributed by atoms with Crippen LogP contribution in [0.25, 0.3) is 34.2 Å². The van der Waals surface area contributed by atoms with Gasteiger partial charge in [0.2, 0.25) is 0 Å². The van der Waals surface area contributed by atoms with Gasteiger partial charge in [0.05, 0.1) is 57.4 Å². The van der Waals surface area contributed by atoms with Gasteiger partial charge in [0.15, 0.2) is 0 Å². The third-order valence-electron chi connectivity index (χ3n) is 5.04. The Morgan fingerprint density at radius 3 is 0.915 bits per heavy atom. The molecule has 5 heterocycles. The van der Waals surface area contributed by atoms with Gasteiger partial charge in [-0.2, -0.15) is 36.9 Å². The maximum Gasteiger partial charge on any atom is 2.00 e. The van der Waals surface area contributed by atoms with Crippen LogP contribution in [0.2, 0.25) is 0 Å². The number of nitriles is 2. The largest absolute Gasteiger partial charge is 2.00 e. The third-order valence-corrected chi connectivity index (χ3v) is 5.04. The molecule has 0 unspecified atom stereocenters. The fraction of sp³-hybridized carbons (Fsp3) is 0.129. The fourth-order valence-corrected chi connectivity index (χ4v) is 3.24. The van der Waals surface area contributed by atoms with E-state index >= 15 is 0 Å². The van der Waals surface area contributed by atoms with E-state index in [4.69, 9.17) is 10.5 Å². The van der Waals surface area contributed by atoms with Crippen molar-refractivity contribution in [2.24, 2.45) is 0 Å². The Hall–Kier alpha value is -5.05. The summed E-state index contributed by atoms with van der Waals surface area (Å²) in [5.41, 5.74) is 0.920. The average molecular weight is 999 g/mol. The standard InChI is InChI=1S/C15H11N3.C12H6F6N2.2C2H3N.2F6P.Ru/c1-3-10-16-12(6-1)14-8-5-9-15(18-14)13-7-2-4-11-17-13;13-11(14,15)7-1-3-19-9(5-7)10-6-8(2-4-20-10)12(16,17)18;2*1-2-3;2*1-7(2,3,4,5)6;/h1-11H;1-6H;2*1H3;;;/q;;;;2*-1;+2.